The fourth-order valence-electron chi connectivity index (χ4n) is 3.58. The van der Waals surface area contributed by atoms with E-state index in [2.05, 4.69) is 12.2 Å². The van der Waals surface area contributed by atoms with Gasteiger partial charge in [0.1, 0.15) is 0 Å². The summed E-state index contributed by atoms with van der Waals surface area (Å²) in [7, 11) is 0. The lowest BCUT2D eigenvalue weighted by Crippen LogP contribution is -2.61. The largest absolute Gasteiger partial charge is 0.464 e. The lowest BCUT2D eigenvalue weighted by atomic mass is 9.93. The van der Waals surface area contributed by atoms with Crippen molar-refractivity contribution in [2.24, 2.45) is 0 Å². The Morgan fingerprint density at radius 3 is 1.62 bits per heavy atom. The van der Waals surface area contributed by atoms with Crippen molar-refractivity contribution >= 4 is 17.8 Å². The zero-order valence-electron chi connectivity index (χ0n) is 20.6. The molecule has 0 aliphatic heterocycles. The molecule has 0 aromatic rings. The van der Waals surface area contributed by atoms with E-state index in [1.165, 1.54) is 57.4 Å². The molecule has 32 heavy (non-hydrogen) atoms. The van der Waals surface area contributed by atoms with Crippen molar-refractivity contribution in [1.29, 1.82) is 0 Å². The highest BCUT2D eigenvalue weighted by Crippen LogP contribution is 2.23. The van der Waals surface area contributed by atoms with Crippen molar-refractivity contribution < 1.29 is 28.2 Å². The summed E-state index contributed by atoms with van der Waals surface area (Å²) in [4.78, 5) is 36.7. The van der Waals surface area contributed by atoms with E-state index in [1.807, 2.05) is 0 Å². The van der Waals surface area contributed by atoms with Crippen molar-refractivity contribution in [2.45, 2.75) is 117 Å². The van der Waals surface area contributed by atoms with Crippen LogP contribution in [0.2, 0.25) is 0 Å². The van der Waals surface area contributed by atoms with Gasteiger partial charge in [-0.3, -0.25) is 4.79 Å². The molecule has 6 nitrogen and oxygen atoms in total. The predicted molar refractivity (Wildman–Crippen MR) is 125 cm³/mol. The Morgan fingerprint density at radius 2 is 1.22 bits per heavy atom. The maximum absolute atomic E-state index is 14.6. The normalized spacial score (nSPS) is 11.8. The zero-order chi connectivity index (χ0) is 24.2. The van der Waals surface area contributed by atoms with E-state index < -0.39 is 35.6 Å². The number of unbranched alkanes of at least 4 members (excludes halogenated alkanes) is 11. The molecule has 0 heterocycles. The third-order valence-electron chi connectivity index (χ3n) is 5.24. The van der Waals surface area contributed by atoms with Crippen LogP contribution in [0.1, 0.15) is 111 Å². The molecule has 0 saturated heterocycles. The lowest BCUT2D eigenvalue weighted by molar-refractivity contribution is -0.168. The second kappa shape index (κ2) is 18.6. The van der Waals surface area contributed by atoms with Gasteiger partial charge in [0.15, 0.2) is 0 Å². The summed E-state index contributed by atoms with van der Waals surface area (Å²) in [6, 6.07) is 0. The fraction of sp³-hybridized carbons (Fsp3) is 0.800. The molecule has 0 spiro atoms. The minimum absolute atomic E-state index is 0.0103. The maximum Gasteiger partial charge on any atom is 0.344 e. The standard InChI is InChI=1S/C25H44FNO5/c1-5-8-9-10-11-12-13-14-15-16-17-18-19-22(26)20-25(27-21(4)28,23(29)31-6-2)24(30)32-7-3/h19H,5-18,20H2,1-4H3,(H,27,28)/b22-19-. The van der Waals surface area contributed by atoms with Gasteiger partial charge in [0.05, 0.1) is 19.0 Å². The highest BCUT2D eigenvalue weighted by atomic mass is 19.1. The predicted octanol–water partition coefficient (Wildman–Crippen LogP) is 5.93. The summed E-state index contributed by atoms with van der Waals surface area (Å²) < 4.78 is 24.5. The Labute approximate surface area is 193 Å². The number of halogens is 1. The third-order valence-corrected chi connectivity index (χ3v) is 5.24. The van der Waals surface area contributed by atoms with E-state index in [9.17, 15) is 18.8 Å². The second-order valence-electron chi connectivity index (χ2n) is 8.18. The first-order valence-electron chi connectivity index (χ1n) is 12.3. The third kappa shape index (κ3) is 12.8. The quantitative estimate of drug-likeness (QED) is 0.148. The number of hydrogen-bond donors (Lipinski definition) is 1. The van der Waals surface area contributed by atoms with E-state index in [4.69, 9.17) is 9.47 Å². The second-order valence-corrected chi connectivity index (χ2v) is 8.18. The summed E-state index contributed by atoms with van der Waals surface area (Å²) in [5, 5.41) is 2.27. The molecule has 1 N–H and O–H groups in total. The first kappa shape index (κ1) is 30.1. The molecule has 0 aliphatic carbocycles. The molecule has 186 valence electrons. The molecule has 0 saturated carbocycles. The van der Waals surface area contributed by atoms with Crippen LogP contribution in [0, 0.1) is 0 Å². The van der Waals surface area contributed by atoms with E-state index in [1.54, 1.807) is 13.8 Å². The highest BCUT2D eigenvalue weighted by molar-refractivity contribution is 6.08. The number of ether oxygens (including phenoxy) is 2. The number of hydrogen-bond acceptors (Lipinski definition) is 5. The minimum atomic E-state index is -2.21. The number of carbonyl (C=O) groups excluding carboxylic acids is 3. The minimum Gasteiger partial charge on any atom is -0.464 e. The van der Waals surface area contributed by atoms with E-state index >= 15 is 0 Å². The van der Waals surface area contributed by atoms with Gasteiger partial charge in [0.25, 0.3) is 0 Å². The van der Waals surface area contributed by atoms with Crippen molar-refractivity contribution in [3.63, 3.8) is 0 Å². The molecular formula is C25H44FNO5. The van der Waals surface area contributed by atoms with Crippen molar-refractivity contribution in [3.05, 3.63) is 11.9 Å². The number of carbonyl (C=O) groups is 3. The average Bonchev–Trinajstić information content (AvgIpc) is 2.74. The summed E-state index contributed by atoms with van der Waals surface area (Å²) in [6.07, 6.45) is 14.5. The topological polar surface area (TPSA) is 81.7 Å². The van der Waals surface area contributed by atoms with E-state index in [0.717, 1.165) is 26.2 Å². The van der Waals surface area contributed by atoms with Crippen LogP contribution in [0.3, 0.4) is 0 Å². The van der Waals surface area contributed by atoms with Crippen LogP contribution in [0.4, 0.5) is 4.39 Å². The first-order chi connectivity index (χ1) is 15.3. The van der Waals surface area contributed by atoms with Crippen molar-refractivity contribution in [1.82, 2.24) is 5.32 Å². The first-order valence-corrected chi connectivity index (χ1v) is 12.3. The highest BCUT2D eigenvalue weighted by Gasteiger charge is 2.50. The summed E-state index contributed by atoms with van der Waals surface area (Å²) in [6.45, 7) is 6.50. The molecule has 0 aromatic carbocycles. The molecule has 0 aromatic heterocycles. The number of allylic oxidation sites excluding steroid dienone is 1. The van der Waals surface area contributed by atoms with Crippen LogP contribution in [0.5, 0.6) is 0 Å². The van der Waals surface area contributed by atoms with Gasteiger partial charge in [-0.1, -0.05) is 77.2 Å². The van der Waals surface area contributed by atoms with Crippen LogP contribution < -0.4 is 5.32 Å². The molecule has 0 radical (unpaired) electrons. The molecular weight excluding hydrogens is 413 g/mol. The number of esters is 2. The smallest absolute Gasteiger partial charge is 0.344 e. The van der Waals surface area contributed by atoms with Gasteiger partial charge in [-0.05, 0) is 26.7 Å². The Bertz CT molecular complexity index is 559. The Balaban J connectivity index is 4.58. The van der Waals surface area contributed by atoms with Crippen LogP contribution in [-0.4, -0.2) is 36.6 Å². The van der Waals surface area contributed by atoms with Crippen LogP contribution >= 0.6 is 0 Å². The molecule has 1 amide bonds. The number of rotatable bonds is 19. The van der Waals surface area contributed by atoms with Crippen LogP contribution in [0.15, 0.2) is 11.9 Å². The maximum atomic E-state index is 14.6. The molecule has 7 heteroatoms. The molecule has 0 bridgehead atoms. The number of amides is 1. The van der Waals surface area contributed by atoms with Gasteiger partial charge in [-0.25, -0.2) is 14.0 Å². The van der Waals surface area contributed by atoms with Crippen molar-refractivity contribution in [2.75, 3.05) is 13.2 Å². The lowest BCUT2D eigenvalue weighted by Gasteiger charge is -2.29. The Hall–Kier alpha value is -1.92. The Morgan fingerprint density at radius 1 is 0.781 bits per heavy atom. The molecule has 0 rings (SSSR count). The summed E-state index contributed by atoms with van der Waals surface area (Å²) >= 11 is 0. The summed E-state index contributed by atoms with van der Waals surface area (Å²) in [5.41, 5.74) is -2.21. The van der Waals surface area contributed by atoms with Gasteiger partial charge in [0, 0.05) is 13.3 Å². The van der Waals surface area contributed by atoms with Crippen LogP contribution in [-0.2, 0) is 23.9 Å². The molecule has 0 unspecified atom stereocenters. The molecule has 0 aliphatic rings. The average molecular weight is 458 g/mol. The van der Waals surface area contributed by atoms with Gasteiger partial charge in [-0.15, -0.1) is 0 Å². The SMILES string of the molecule is CCCCCCCCCCCCC/C=C(\F)CC(NC(C)=O)(C(=O)OCC)C(=O)OCC. The van der Waals surface area contributed by atoms with E-state index in [-0.39, 0.29) is 13.2 Å². The zero-order valence-corrected chi connectivity index (χ0v) is 20.6. The molecule has 0 fully saturated rings. The summed E-state index contributed by atoms with van der Waals surface area (Å²) in [5.74, 6) is -3.34. The van der Waals surface area contributed by atoms with Gasteiger partial charge in [-0.2, -0.15) is 0 Å². The molecule has 0 atom stereocenters. The van der Waals surface area contributed by atoms with Gasteiger partial charge in [0.2, 0.25) is 11.4 Å². The number of nitrogens with one attached hydrogen (secondary N) is 1. The fourth-order valence-corrected chi connectivity index (χ4v) is 3.58. The van der Waals surface area contributed by atoms with Crippen LogP contribution in [0.25, 0.3) is 0 Å². The van der Waals surface area contributed by atoms with Gasteiger partial charge >= 0.3 is 11.9 Å². The van der Waals surface area contributed by atoms with E-state index in [0.29, 0.717) is 6.42 Å². The van der Waals surface area contributed by atoms with Crippen molar-refractivity contribution in [3.8, 4) is 0 Å². The monoisotopic (exact) mass is 457 g/mol. The van der Waals surface area contributed by atoms with Gasteiger partial charge < -0.3 is 14.8 Å². The Kier molecular flexibility index (Phi) is 17.5.